The monoisotopic (exact) mass is 278 g/mol. The first-order valence-corrected chi connectivity index (χ1v) is 6.81. The maximum atomic E-state index is 5.87. The molecule has 92 valence electrons. The van der Waals surface area contributed by atoms with E-state index in [1.165, 1.54) is 11.8 Å². The van der Waals surface area contributed by atoms with Crippen molar-refractivity contribution in [2.75, 3.05) is 11.7 Å². The molecule has 0 saturated carbocycles. The summed E-state index contributed by atoms with van der Waals surface area (Å²) in [5.74, 6) is 0.575. The van der Waals surface area contributed by atoms with Crippen LogP contribution in [0.25, 0.3) is 0 Å². The number of hydrogen-bond acceptors (Lipinski definition) is 5. The molecule has 0 unspecified atom stereocenters. The highest BCUT2D eigenvalue weighted by Crippen LogP contribution is 2.16. The molecule has 2 rings (SSSR count). The van der Waals surface area contributed by atoms with Gasteiger partial charge in [0.2, 0.25) is 0 Å². The van der Waals surface area contributed by atoms with Gasteiger partial charge in [-0.05, 0) is 11.8 Å². The topological polar surface area (TPSA) is 50.2 Å². The van der Waals surface area contributed by atoms with Crippen molar-refractivity contribution in [2.24, 2.45) is 5.10 Å². The van der Waals surface area contributed by atoms with E-state index in [-0.39, 0.29) is 0 Å². The SMILES string of the molecule is CSc1nc(Cl)cc(N/N=C\c2ccccc2)n1. The second kappa shape index (κ2) is 6.37. The van der Waals surface area contributed by atoms with E-state index in [2.05, 4.69) is 20.5 Å². The highest BCUT2D eigenvalue weighted by atomic mass is 35.5. The second-order valence-electron chi connectivity index (χ2n) is 3.34. The number of rotatable bonds is 4. The number of nitrogens with zero attached hydrogens (tertiary/aromatic N) is 3. The quantitative estimate of drug-likeness (QED) is 0.306. The molecule has 4 nitrogen and oxygen atoms in total. The molecule has 6 heteroatoms. The number of hydrogen-bond donors (Lipinski definition) is 1. The Kier molecular flexibility index (Phi) is 4.55. The highest BCUT2D eigenvalue weighted by Gasteiger charge is 2.00. The number of aromatic nitrogens is 2. The minimum absolute atomic E-state index is 0.395. The second-order valence-corrected chi connectivity index (χ2v) is 4.50. The van der Waals surface area contributed by atoms with Gasteiger partial charge in [0.05, 0.1) is 6.21 Å². The Balaban J connectivity index is 2.06. The zero-order valence-corrected chi connectivity index (χ0v) is 11.2. The summed E-state index contributed by atoms with van der Waals surface area (Å²) >= 11 is 7.30. The van der Waals surface area contributed by atoms with E-state index in [0.717, 1.165) is 5.56 Å². The van der Waals surface area contributed by atoms with Gasteiger partial charge in [-0.3, -0.25) is 5.43 Å². The van der Waals surface area contributed by atoms with Crippen molar-refractivity contribution in [1.29, 1.82) is 0 Å². The van der Waals surface area contributed by atoms with Crippen molar-refractivity contribution >= 4 is 35.4 Å². The fourth-order valence-electron chi connectivity index (χ4n) is 1.26. The molecule has 0 radical (unpaired) electrons. The standard InChI is InChI=1S/C12H11ClN4S/c1-18-12-15-10(13)7-11(16-12)17-14-8-9-5-3-2-4-6-9/h2-8H,1H3,(H,15,16,17)/b14-8-. The van der Waals surface area contributed by atoms with Crippen LogP contribution in [0.3, 0.4) is 0 Å². The lowest BCUT2D eigenvalue weighted by Gasteiger charge is -2.01. The molecule has 1 heterocycles. The molecule has 0 saturated heterocycles. The summed E-state index contributed by atoms with van der Waals surface area (Å²) in [4.78, 5) is 8.27. The van der Waals surface area contributed by atoms with Gasteiger partial charge in [0.15, 0.2) is 11.0 Å². The van der Waals surface area contributed by atoms with Gasteiger partial charge in [-0.2, -0.15) is 5.10 Å². The maximum Gasteiger partial charge on any atom is 0.190 e. The lowest BCUT2D eigenvalue weighted by molar-refractivity contribution is 0.967. The molecule has 0 spiro atoms. The largest absolute Gasteiger partial charge is 0.261 e. The average molecular weight is 279 g/mol. The summed E-state index contributed by atoms with van der Waals surface area (Å²) in [5.41, 5.74) is 3.84. The highest BCUT2D eigenvalue weighted by molar-refractivity contribution is 7.98. The van der Waals surface area contributed by atoms with E-state index in [1.54, 1.807) is 12.3 Å². The number of benzene rings is 1. The van der Waals surface area contributed by atoms with Crippen LogP contribution in [0, 0.1) is 0 Å². The minimum Gasteiger partial charge on any atom is -0.261 e. The molecule has 18 heavy (non-hydrogen) atoms. The number of halogens is 1. The van der Waals surface area contributed by atoms with Gasteiger partial charge in [0.1, 0.15) is 5.15 Å². The van der Waals surface area contributed by atoms with E-state index in [1.807, 2.05) is 36.6 Å². The van der Waals surface area contributed by atoms with Crippen molar-refractivity contribution in [3.05, 3.63) is 47.1 Å². The van der Waals surface area contributed by atoms with E-state index in [9.17, 15) is 0 Å². The fraction of sp³-hybridized carbons (Fsp3) is 0.0833. The van der Waals surface area contributed by atoms with Crippen LogP contribution in [0.5, 0.6) is 0 Å². The molecule has 0 aliphatic carbocycles. The third-order valence-electron chi connectivity index (χ3n) is 2.05. The first-order valence-electron chi connectivity index (χ1n) is 5.20. The summed E-state index contributed by atoms with van der Waals surface area (Å²) in [5, 5.41) is 5.10. The van der Waals surface area contributed by atoms with Crippen molar-refractivity contribution in [2.45, 2.75) is 5.16 Å². The molecule has 0 bridgehead atoms. The first-order chi connectivity index (χ1) is 8.78. The Bertz CT molecular complexity index is 545. The minimum atomic E-state index is 0.395. The molecule has 2 aromatic rings. The molecule has 1 aromatic carbocycles. The predicted molar refractivity (Wildman–Crippen MR) is 76.5 cm³/mol. The molecule has 0 aliphatic rings. The summed E-state index contributed by atoms with van der Waals surface area (Å²) in [6, 6.07) is 11.4. The van der Waals surface area contributed by atoms with Crippen LogP contribution < -0.4 is 5.43 Å². The zero-order chi connectivity index (χ0) is 12.8. The number of hydrazone groups is 1. The molecular weight excluding hydrogens is 268 g/mol. The molecule has 0 amide bonds. The zero-order valence-electron chi connectivity index (χ0n) is 9.67. The fourth-order valence-corrected chi connectivity index (χ4v) is 1.87. The Hall–Kier alpha value is -1.59. The smallest absolute Gasteiger partial charge is 0.190 e. The normalized spacial score (nSPS) is 10.8. The van der Waals surface area contributed by atoms with Crippen molar-refractivity contribution in [1.82, 2.24) is 9.97 Å². The predicted octanol–water partition coefficient (Wildman–Crippen LogP) is 3.30. The third-order valence-corrected chi connectivity index (χ3v) is 2.79. The van der Waals surface area contributed by atoms with Crippen LogP contribution in [0.1, 0.15) is 5.56 Å². The Morgan fingerprint density at radius 2 is 2.06 bits per heavy atom. The summed E-state index contributed by atoms with van der Waals surface area (Å²) in [7, 11) is 0. The molecule has 1 N–H and O–H groups in total. The van der Waals surface area contributed by atoms with Gasteiger partial charge < -0.3 is 0 Å². The number of anilines is 1. The molecule has 0 fully saturated rings. The molecular formula is C12H11ClN4S. The van der Waals surface area contributed by atoms with Crippen molar-refractivity contribution < 1.29 is 0 Å². The average Bonchev–Trinajstić information content (AvgIpc) is 2.39. The molecule has 1 aromatic heterocycles. The van der Waals surface area contributed by atoms with Gasteiger partial charge in [0.25, 0.3) is 0 Å². The van der Waals surface area contributed by atoms with Crippen molar-refractivity contribution in [3.63, 3.8) is 0 Å². The van der Waals surface area contributed by atoms with Gasteiger partial charge in [0, 0.05) is 6.07 Å². The van der Waals surface area contributed by atoms with Crippen molar-refractivity contribution in [3.8, 4) is 0 Å². The van der Waals surface area contributed by atoms with Crippen LogP contribution >= 0.6 is 23.4 Å². The number of nitrogens with one attached hydrogen (secondary N) is 1. The van der Waals surface area contributed by atoms with Crippen LogP contribution in [-0.2, 0) is 0 Å². The van der Waals surface area contributed by atoms with Gasteiger partial charge in [-0.15, -0.1) is 0 Å². The van der Waals surface area contributed by atoms with Crippen LogP contribution in [0.15, 0.2) is 46.7 Å². The Morgan fingerprint density at radius 1 is 1.28 bits per heavy atom. The van der Waals surface area contributed by atoms with Crippen LogP contribution in [0.4, 0.5) is 5.82 Å². The van der Waals surface area contributed by atoms with Crippen LogP contribution in [0.2, 0.25) is 5.15 Å². The van der Waals surface area contributed by atoms with E-state index < -0.39 is 0 Å². The summed E-state index contributed by atoms with van der Waals surface area (Å²) < 4.78 is 0. The maximum absolute atomic E-state index is 5.87. The van der Waals surface area contributed by atoms with Gasteiger partial charge >= 0.3 is 0 Å². The lowest BCUT2D eigenvalue weighted by atomic mass is 10.2. The van der Waals surface area contributed by atoms with E-state index in [4.69, 9.17) is 11.6 Å². The molecule has 0 aliphatic heterocycles. The first kappa shape index (κ1) is 12.9. The lowest BCUT2D eigenvalue weighted by Crippen LogP contribution is -1.96. The van der Waals surface area contributed by atoms with Gasteiger partial charge in [-0.1, -0.05) is 53.7 Å². The van der Waals surface area contributed by atoms with Gasteiger partial charge in [-0.25, -0.2) is 9.97 Å². The Labute approximate surface area is 114 Å². The third kappa shape index (κ3) is 3.72. The summed E-state index contributed by atoms with van der Waals surface area (Å²) in [6.07, 6.45) is 3.61. The van der Waals surface area contributed by atoms with Crippen LogP contribution in [-0.4, -0.2) is 22.4 Å². The number of thioether (sulfide) groups is 1. The summed E-state index contributed by atoms with van der Waals surface area (Å²) in [6.45, 7) is 0. The molecule has 0 atom stereocenters. The van der Waals surface area contributed by atoms with E-state index >= 15 is 0 Å². The Morgan fingerprint density at radius 3 is 2.78 bits per heavy atom. The van der Waals surface area contributed by atoms with E-state index in [0.29, 0.717) is 16.1 Å².